The normalized spacial score (nSPS) is 11.7. The maximum absolute atomic E-state index is 13.1. The Morgan fingerprint density at radius 2 is 1.76 bits per heavy atom. The molecule has 0 bridgehead atoms. The molecule has 0 heterocycles. The third-order valence-corrected chi connectivity index (χ3v) is 7.23. The zero-order chi connectivity index (χ0) is 27.6. The van der Waals surface area contributed by atoms with Crippen LogP contribution in [-0.2, 0) is 16.5 Å². The SMILES string of the molecule is CCc1cc(N=Nc2c(O)c(C(=O)Nc3ccc(OC)c(Cl)c3)cc3ccccc23)c(Cl)cc1S(=O)(=O)O. The molecule has 196 valence electrons. The van der Waals surface area contributed by atoms with Gasteiger partial charge in [-0.3, -0.25) is 9.35 Å². The van der Waals surface area contributed by atoms with Crippen LogP contribution >= 0.6 is 23.2 Å². The lowest BCUT2D eigenvalue weighted by molar-refractivity contribution is 0.102. The molecule has 4 rings (SSSR count). The van der Waals surface area contributed by atoms with Crippen molar-refractivity contribution in [3.05, 3.63) is 81.8 Å². The van der Waals surface area contributed by atoms with Crippen molar-refractivity contribution < 1.29 is 27.6 Å². The number of carbonyl (C=O) groups excluding carboxylic acids is 1. The second kappa shape index (κ2) is 11.0. The van der Waals surface area contributed by atoms with E-state index in [-0.39, 0.29) is 38.8 Å². The summed E-state index contributed by atoms with van der Waals surface area (Å²) < 4.78 is 38.0. The second-order valence-corrected chi connectivity index (χ2v) is 10.3. The third kappa shape index (κ3) is 5.58. The Kier molecular flexibility index (Phi) is 7.89. The minimum Gasteiger partial charge on any atom is -0.505 e. The smallest absolute Gasteiger partial charge is 0.294 e. The summed E-state index contributed by atoms with van der Waals surface area (Å²) in [6, 6.07) is 15.7. The Morgan fingerprint density at radius 1 is 1.03 bits per heavy atom. The van der Waals surface area contributed by atoms with E-state index in [0.717, 1.165) is 6.07 Å². The van der Waals surface area contributed by atoms with Crippen molar-refractivity contribution in [2.24, 2.45) is 10.2 Å². The highest BCUT2D eigenvalue weighted by atomic mass is 35.5. The maximum atomic E-state index is 13.1. The first-order valence-corrected chi connectivity index (χ1v) is 13.3. The minimum atomic E-state index is -4.49. The van der Waals surface area contributed by atoms with Crippen molar-refractivity contribution in [2.75, 3.05) is 12.4 Å². The average molecular weight is 574 g/mol. The number of nitrogens with zero attached hydrogens (tertiary/aromatic N) is 2. The Hall–Kier alpha value is -3.70. The predicted molar refractivity (Wildman–Crippen MR) is 146 cm³/mol. The lowest BCUT2D eigenvalue weighted by Gasteiger charge is -2.12. The molecule has 3 N–H and O–H groups in total. The summed E-state index contributed by atoms with van der Waals surface area (Å²) in [5.41, 5.74) is 0.725. The van der Waals surface area contributed by atoms with E-state index in [4.69, 9.17) is 27.9 Å². The highest BCUT2D eigenvalue weighted by Crippen LogP contribution is 2.41. The zero-order valence-corrected chi connectivity index (χ0v) is 22.4. The number of fused-ring (bicyclic) bond motifs is 1. The number of anilines is 1. The summed E-state index contributed by atoms with van der Waals surface area (Å²) in [7, 11) is -3.02. The first-order chi connectivity index (χ1) is 18.0. The molecule has 0 aliphatic heterocycles. The summed E-state index contributed by atoms with van der Waals surface area (Å²) in [6.45, 7) is 1.70. The van der Waals surface area contributed by atoms with Crippen LogP contribution in [-0.4, -0.2) is 31.1 Å². The molecule has 0 aliphatic rings. The van der Waals surface area contributed by atoms with E-state index in [0.29, 0.717) is 27.2 Å². The Balaban J connectivity index is 1.78. The Labute approximate surface area is 228 Å². The van der Waals surface area contributed by atoms with Crippen LogP contribution in [0.3, 0.4) is 0 Å². The average Bonchev–Trinajstić information content (AvgIpc) is 2.87. The molecular weight excluding hydrogens is 553 g/mol. The Morgan fingerprint density at radius 3 is 2.42 bits per heavy atom. The topological polar surface area (TPSA) is 138 Å². The number of azo groups is 1. The van der Waals surface area contributed by atoms with Crippen molar-refractivity contribution in [1.29, 1.82) is 0 Å². The van der Waals surface area contributed by atoms with E-state index in [2.05, 4.69) is 15.5 Å². The second-order valence-electron chi connectivity index (χ2n) is 8.09. The monoisotopic (exact) mass is 573 g/mol. The molecule has 0 aromatic heterocycles. The van der Waals surface area contributed by atoms with Crippen LogP contribution in [0.4, 0.5) is 17.1 Å². The van der Waals surface area contributed by atoms with Gasteiger partial charge in [-0.05, 0) is 53.8 Å². The van der Waals surface area contributed by atoms with Gasteiger partial charge in [0.05, 0.1) is 27.6 Å². The molecule has 0 aliphatic carbocycles. The Bertz CT molecular complexity index is 1710. The molecule has 0 spiro atoms. The first kappa shape index (κ1) is 27.3. The van der Waals surface area contributed by atoms with Gasteiger partial charge in [0.25, 0.3) is 16.0 Å². The fourth-order valence-corrected chi connectivity index (χ4v) is 5.14. The van der Waals surface area contributed by atoms with Gasteiger partial charge < -0.3 is 15.2 Å². The number of amides is 1. The highest BCUT2D eigenvalue weighted by Gasteiger charge is 2.20. The van der Waals surface area contributed by atoms with Gasteiger partial charge in [0.2, 0.25) is 0 Å². The number of aromatic hydroxyl groups is 1. The molecule has 12 heteroatoms. The van der Waals surface area contributed by atoms with Gasteiger partial charge >= 0.3 is 0 Å². The quantitative estimate of drug-likeness (QED) is 0.156. The van der Waals surface area contributed by atoms with Crippen LogP contribution in [0, 0.1) is 0 Å². The molecule has 4 aromatic rings. The molecule has 1 amide bonds. The number of rotatable bonds is 7. The molecule has 0 saturated carbocycles. The number of phenolic OH excluding ortho intramolecular Hbond substituents is 1. The number of halogens is 2. The van der Waals surface area contributed by atoms with E-state index in [1.165, 1.54) is 25.3 Å². The molecular formula is C26H21Cl2N3O6S. The lowest BCUT2D eigenvalue weighted by Crippen LogP contribution is -2.12. The van der Waals surface area contributed by atoms with Crippen molar-refractivity contribution >= 4 is 67.1 Å². The largest absolute Gasteiger partial charge is 0.505 e. The van der Waals surface area contributed by atoms with Gasteiger partial charge in [-0.2, -0.15) is 8.42 Å². The van der Waals surface area contributed by atoms with E-state index < -0.39 is 21.8 Å². The molecule has 38 heavy (non-hydrogen) atoms. The van der Waals surface area contributed by atoms with E-state index >= 15 is 0 Å². The maximum Gasteiger partial charge on any atom is 0.294 e. The van der Waals surface area contributed by atoms with Crippen LogP contribution in [0.2, 0.25) is 10.0 Å². The molecule has 9 nitrogen and oxygen atoms in total. The van der Waals surface area contributed by atoms with Crippen molar-refractivity contribution in [2.45, 2.75) is 18.2 Å². The van der Waals surface area contributed by atoms with E-state index in [1.54, 1.807) is 43.3 Å². The van der Waals surface area contributed by atoms with E-state index in [9.17, 15) is 22.9 Å². The van der Waals surface area contributed by atoms with Gasteiger partial charge in [0, 0.05) is 11.1 Å². The molecule has 0 saturated heterocycles. The summed E-state index contributed by atoms with van der Waals surface area (Å²) in [4.78, 5) is 12.8. The zero-order valence-electron chi connectivity index (χ0n) is 20.1. The number of phenols is 1. The summed E-state index contributed by atoms with van der Waals surface area (Å²) in [6.07, 6.45) is 0.272. The van der Waals surface area contributed by atoms with Crippen molar-refractivity contribution in [1.82, 2.24) is 0 Å². The van der Waals surface area contributed by atoms with Gasteiger partial charge in [0.15, 0.2) is 5.75 Å². The predicted octanol–water partition coefficient (Wildman–Crippen LogP) is 7.34. The molecule has 0 fully saturated rings. The number of ether oxygens (including phenoxy) is 1. The summed E-state index contributed by atoms with van der Waals surface area (Å²) in [5, 5.41) is 23.4. The molecule has 0 atom stereocenters. The molecule has 0 unspecified atom stereocenters. The van der Waals surface area contributed by atoms with Gasteiger partial charge in [-0.25, -0.2) is 0 Å². The van der Waals surface area contributed by atoms with Crippen molar-refractivity contribution in [3.8, 4) is 11.5 Å². The lowest BCUT2D eigenvalue weighted by atomic mass is 10.0. The van der Waals surface area contributed by atoms with Crippen LogP contribution < -0.4 is 10.1 Å². The minimum absolute atomic E-state index is 0.00832. The summed E-state index contributed by atoms with van der Waals surface area (Å²) >= 11 is 12.4. The van der Waals surface area contributed by atoms with Crippen LogP contribution in [0.1, 0.15) is 22.8 Å². The standard InChI is InChI=1S/C26H21Cl2N3O6S/c1-3-14-11-21(19(27)13-23(14)38(34,35)36)30-31-24-17-7-5-4-6-15(17)10-18(25(24)32)26(33)29-16-8-9-22(37-2)20(28)12-16/h4-13,32H,3H2,1-2H3,(H,29,33)(H,34,35,36). The first-order valence-electron chi connectivity index (χ1n) is 11.1. The molecule has 4 aromatic carbocycles. The van der Waals surface area contributed by atoms with Crippen molar-refractivity contribution in [3.63, 3.8) is 0 Å². The van der Waals surface area contributed by atoms with Crippen LogP contribution in [0.5, 0.6) is 11.5 Å². The number of nitrogens with one attached hydrogen (secondary N) is 1. The van der Waals surface area contributed by atoms with E-state index in [1.807, 2.05) is 0 Å². The van der Waals surface area contributed by atoms with Crippen LogP contribution in [0.15, 0.2) is 75.8 Å². The summed E-state index contributed by atoms with van der Waals surface area (Å²) in [5.74, 6) is -0.601. The van der Waals surface area contributed by atoms with Gasteiger partial charge in [-0.1, -0.05) is 54.4 Å². The van der Waals surface area contributed by atoms with Gasteiger partial charge in [0.1, 0.15) is 17.1 Å². The highest BCUT2D eigenvalue weighted by molar-refractivity contribution is 7.85. The number of benzene rings is 4. The number of methoxy groups -OCH3 is 1. The number of aryl methyl sites for hydroxylation is 1. The number of carbonyl (C=O) groups is 1. The fourth-order valence-electron chi connectivity index (χ4n) is 3.82. The number of hydrogen-bond donors (Lipinski definition) is 3. The molecule has 0 radical (unpaired) electrons. The van der Waals surface area contributed by atoms with Gasteiger partial charge in [-0.15, -0.1) is 10.2 Å². The fraction of sp³-hybridized carbons (Fsp3) is 0.115. The van der Waals surface area contributed by atoms with Crippen LogP contribution in [0.25, 0.3) is 10.8 Å². The number of hydrogen-bond acceptors (Lipinski definition) is 7. The third-order valence-electron chi connectivity index (χ3n) is 5.70.